The normalized spacial score (nSPS) is 17.3. The summed E-state index contributed by atoms with van der Waals surface area (Å²) < 4.78 is 15.9. The van der Waals surface area contributed by atoms with Gasteiger partial charge >= 0.3 is 0 Å². The Kier molecular flexibility index (Phi) is 7.25. The molecule has 0 aliphatic carbocycles. The van der Waals surface area contributed by atoms with Gasteiger partial charge in [-0.15, -0.1) is 5.10 Å². The molecule has 4 aromatic rings. The first-order valence-electron chi connectivity index (χ1n) is 12.5. The summed E-state index contributed by atoms with van der Waals surface area (Å²) in [6.45, 7) is 5.67. The summed E-state index contributed by atoms with van der Waals surface area (Å²) in [5, 5.41) is 27.5. The van der Waals surface area contributed by atoms with Crippen LogP contribution in [0.1, 0.15) is 29.6 Å². The number of aliphatic imine (C=N–C) groups is 1. The number of nitrogens with zero attached hydrogens (tertiary/aromatic N) is 8. The van der Waals surface area contributed by atoms with Crippen molar-refractivity contribution in [1.29, 1.82) is 0 Å². The van der Waals surface area contributed by atoms with Crippen LogP contribution in [0.25, 0.3) is 34.3 Å². The average Bonchev–Trinajstić information content (AvgIpc) is 3.53. The Labute approximate surface area is 220 Å². The van der Waals surface area contributed by atoms with Gasteiger partial charge in [-0.05, 0) is 39.1 Å². The van der Waals surface area contributed by atoms with Gasteiger partial charge in [0.25, 0.3) is 0 Å². The van der Waals surface area contributed by atoms with Gasteiger partial charge in [-0.3, -0.25) is 24.7 Å². The third-order valence-corrected chi connectivity index (χ3v) is 6.78. The first-order valence-corrected chi connectivity index (χ1v) is 12.5. The van der Waals surface area contributed by atoms with E-state index in [0.29, 0.717) is 38.1 Å². The number of hydrogen-bond donors (Lipinski definition) is 2. The lowest BCUT2D eigenvalue weighted by molar-refractivity contribution is 0.156. The molecule has 1 aliphatic heterocycles. The number of fused-ring (bicyclic) bond motifs is 4. The molecule has 4 aromatic heterocycles. The lowest BCUT2D eigenvalue weighted by atomic mass is 10.1. The van der Waals surface area contributed by atoms with E-state index in [1.54, 1.807) is 28.8 Å². The van der Waals surface area contributed by atoms with Crippen LogP contribution in [0.2, 0.25) is 0 Å². The van der Waals surface area contributed by atoms with Crippen molar-refractivity contribution in [3.63, 3.8) is 0 Å². The maximum absolute atomic E-state index is 9.74. The molecular formula is C26H33N9O3. The van der Waals surface area contributed by atoms with Crippen LogP contribution in [0.15, 0.2) is 17.3 Å². The largest absolute Gasteiger partial charge is 0.476 e. The Morgan fingerprint density at radius 3 is 2.92 bits per heavy atom. The zero-order valence-electron chi connectivity index (χ0n) is 22.3. The molecule has 2 bridgehead atoms. The first kappa shape index (κ1) is 25.6. The topological polar surface area (TPSA) is 132 Å². The van der Waals surface area contributed by atoms with E-state index < -0.39 is 0 Å². The highest BCUT2D eigenvalue weighted by Gasteiger charge is 2.24. The zero-order valence-corrected chi connectivity index (χ0v) is 22.3. The van der Waals surface area contributed by atoms with Gasteiger partial charge in [0.15, 0.2) is 0 Å². The molecule has 0 radical (unpaired) electrons. The predicted molar refractivity (Wildman–Crippen MR) is 145 cm³/mol. The minimum atomic E-state index is -0.0432. The number of ether oxygens (including phenoxy) is 2. The lowest BCUT2D eigenvalue weighted by Gasteiger charge is -2.25. The molecule has 0 saturated carbocycles. The summed E-state index contributed by atoms with van der Waals surface area (Å²) in [7, 11) is 5.62. The molecule has 0 saturated heterocycles. The van der Waals surface area contributed by atoms with E-state index in [1.165, 1.54) is 0 Å². The third-order valence-electron chi connectivity index (χ3n) is 6.78. The summed E-state index contributed by atoms with van der Waals surface area (Å²) in [6.07, 6.45) is 7.39. The highest BCUT2D eigenvalue weighted by atomic mass is 16.5. The molecule has 0 fully saturated rings. The SMILES string of the molecule is CN=CCOc1nn(CCO)c2c1/C=C/c1n[nH]c3cnc(cc13)-c1c(C)nn(C)c1OC[C@H](C)N(C)C2. The van der Waals surface area contributed by atoms with Crippen molar-refractivity contribution < 1.29 is 14.6 Å². The summed E-state index contributed by atoms with van der Waals surface area (Å²) in [4.78, 5) is 10.9. The van der Waals surface area contributed by atoms with Crippen molar-refractivity contribution >= 4 is 29.3 Å². The summed E-state index contributed by atoms with van der Waals surface area (Å²) in [5.74, 6) is 1.15. The minimum absolute atomic E-state index is 0.0432. The molecule has 1 aliphatic rings. The second-order valence-corrected chi connectivity index (χ2v) is 9.39. The summed E-state index contributed by atoms with van der Waals surface area (Å²) in [5.41, 5.74) is 5.80. The van der Waals surface area contributed by atoms with Gasteiger partial charge in [0.1, 0.15) is 13.2 Å². The number of aromatic amines is 1. The van der Waals surface area contributed by atoms with Crippen molar-refractivity contribution in [2.24, 2.45) is 12.0 Å². The van der Waals surface area contributed by atoms with Crippen molar-refractivity contribution in [2.75, 3.05) is 33.9 Å². The fourth-order valence-electron chi connectivity index (χ4n) is 4.58. The van der Waals surface area contributed by atoms with Crippen molar-refractivity contribution in [2.45, 2.75) is 33.0 Å². The Morgan fingerprint density at radius 2 is 2.13 bits per heavy atom. The molecular weight excluding hydrogens is 486 g/mol. The molecule has 0 amide bonds. The van der Waals surface area contributed by atoms with Gasteiger partial charge < -0.3 is 14.6 Å². The summed E-state index contributed by atoms with van der Waals surface area (Å²) in [6, 6.07) is 2.07. The second-order valence-electron chi connectivity index (χ2n) is 9.39. The first-order chi connectivity index (χ1) is 18.4. The Bertz CT molecular complexity index is 1500. The van der Waals surface area contributed by atoms with E-state index in [2.05, 4.69) is 42.2 Å². The molecule has 0 unspecified atom stereocenters. The van der Waals surface area contributed by atoms with Crippen LogP contribution < -0.4 is 9.47 Å². The van der Waals surface area contributed by atoms with E-state index in [1.807, 2.05) is 39.2 Å². The van der Waals surface area contributed by atoms with E-state index in [4.69, 9.17) is 9.47 Å². The van der Waals surface area contributed by atoms with Crippen molar-refractivity contribution in [1.82, 2.24) is 39.6 Å². The Morgan fingerprint density at radius 1 is 1.29 bits per heavy atom. The average molecular weight is 520 g/mol. The number of rotatable bonds is 5. The predicted octanol–water partition coefficient (Wildman–Crippen LogP) is 2.32. The van der Waals surface area contributed by atoms with E-state index >= 15 is 0 Å². The van der Waals surface area contributed by atoms with Crippen LogP contribution in [0.5, 0.6) is 11.8 Å². The van der Waals surface area contributed by atoms with E-state index in [0.717, 1.165) is 44.8 Å². The molecule has 12 heteroatoms. The lowest BCUT2D eigenvalue weighted by Crippen LogP contribution is -2.35. The molecule has 1 atom stereocenters. The number of aliphatic hydroxyl groups excluding tert-OH is 1. The molecule has 2 N–H and O–H groups in total. The highest BCUT2D eigenvalue weighted by Crippen LogP contribution is 2.34. The van der Waals surface area contributed by atoms with E-state index in [9.17, 15) is 5.11 Å². The standard InChI is InChI=1S/C26H33N9O3/c1-16-15-38-26-24(17(2)31-34(26)5)21-12-19-20(29-30-22(19)13-28-21)7-6-18-23(14-33(16)4)35(9-10-36)32-25(18)37-11-8-27-3/h6-8,12-13,16,36H,9-11,14-15H2,1-5H3,(H,29,30)/b7-6+,27-8?/t16-/m0/s1. The molecule has 5 heterocycles. The van der Waals surface area contributed by atoms with Crippen LogP contribution >= 0.6 is 0 Å². The number of H-pyrrole nitrogens is 1. The third kappa shape index (κ3) is 4.79. The molecule has 0 spiro atoms. The van der Waals surface area contributed by atoms with Crippen molar-refractivity contribution in [3.8, 4) is 23.0 Å². The number of nitrogens with one attached hydrogen (secondary N) is 1. The van der Waals surface area contributed by atoms with Gasteiger partial charge in [-0.25, -0.2) is 4.68 Å². The minimum Gasteiger partial charge on any atom is -0.476 e. The smallest absolute Gasteiger partial charge is 0.240 e. The molecule has 200 valence electrons. The van der Waals surface area contributed by atoms with Crippen LogP contribution in [0.3, 0.4) is 0 Å². The van der Waals surface area contributed by atoms with Gasteiger partial charge in [0.2, 0.25) is 11.8 Å². The van der Waals surface area contributed by atoms with Crippen molar-refractivity contribution in [3.05, 3.63) is 34.9 Å². The fraction of sp³-hybridized carbons (Fsp3) is 0.423. The number of likely N-dealkylation sites (N-methyl/N-ethyl adjacent to an activating group) is 1. The van der Waals surface area contributed by atoms with Gasteiger partial charge in [0, 0.05) is 38.3 Å². The van der Waals surface area contributed by atoms with Gasteiger partial charge in [-0.2, -0.15) is 10.2 Å². The van der Waals surface area contributed by atoms with Crippen LogP contribution in [-0.2, 0) is 20.1 Å². The zero-order chi connectivity index (χ0) is 26.8. The van der Waals surface area contributed by atoms with Crippen LogP contribution in [-0.4, -0.2) is 90.9 Å². The van der Waals surface area contributed by atoms with Gasteiger partial charge in [0.05, 0.1) is 58.8 Å². The number of aliphatic hydroxyl groups is 1. The number of aryl methyl sites for hydroxylation is 2. The number of aromatic nitrogens is 7. The summed E-state index contributed by atoms with van der Waals surface area (Å²) >= 11 is 0. The second kappa shape index (κ2) is 10.8. The van der Waals surface area contributed by atoms with Crippen LogP contribution in [0, 0.1) is 6.92 Å². The van der Waals surface area contributed by atoms with Crippen LogP contribution in [0.4, 0.5) is 0 Å². The molecule has 5 rings (SSSR count). The number of hydrogen-bond acceptors (Lipinski definition) is 9. The molecule has 0 aromatic carbocycles. The highest BCUT2D eigenvalue weighted by molar-refractivity contribution is 5.92. The van der Waals surface area contributed by atoms with E-state index in [-0.39, 0.29) is 12.6 Å². The fourth-order valence-corrected chi connectivity index (χ4v) is 4.58. The molecule has 12 nitrogen and oxygen atoms in total. The van der Waals surface area contributed by atoms with Gasteiger partial charge in [-0.1, -0.05) is 0 Å². The Balaban J connectivity index is 1.68. The molecule has 38 heavy (non-hydrogen) atoms. The monoisotopic (exact) mass is 519 g/mol. The quantitative estimate of drug-likeness (QED) is 0.384. The maximum atomic E-state index is 9.74. The Hall–Kier alpha value is -4.03. The maximum Gasteiger partial charge on any atom is 0.240 e. The number of pyridine rings is 1.